The minimum absolute atomic E-state index is 0.451. The zero-order valence-electron chi connectivity index (χ0n) is 13.0. The Kier molecular flexibility index (Phi) is 6.11. The molecule has 0 aromatic heterocycles. The number of nitrogens with zero attached hydrogens (tertiary/aromatic N) is 1. The maximum absolute atomic E-state index is 5.72. The second-order valence-corrected chi connectivity index (χ2v) is 6.72. The van der Waals surface area contributed by atoms with E-state index in [1.54, 1.807) is 0 Å². The van der Waals surface area contributed by atoms with E-state index in [-0.39, 0.29) is 0 Å². The third kappa shape index (κ3) is 4.73. The summed E-state index contributed by atoms with van der Waals surface area (Å²) in [5, 5.41) is 3.64. The van der Waals surface area contributed by atoms with Crippen molar-refractivity contribution < 1.29 is 4.74 Å². The highest BCUT2D eigenvalue weighted by molar-refractivity contribution is 4.78. The molecule has 0 radical (unpaired) electrons. The summed E-state index contributed by atoms with van der Waals surface area (Å²) < 4.78 is 5.72. The van der Waals surface area contributed by atoms with Gasteiger partial charge in [0, 0.05) is 25.7 Å². The van der Waals surface area contributed by atoms with Gasteiger partial charge in [-0.25, -0.2) is 0 Å². The molecule has 0 spiro atoms. The summed E-state index contributed by atoms with van der Waals surface area (Å²) in [6, 6.07) is 0.510. The Bertz CT molecular complexity index is 243. The van der Waals surface area contributed by atoms with Gasteiger partial charge in [0.25, 0.3) is 0 Å². The van der Waals surface area contributed by atoms with Crippen molar-refractivity contribution >= 4 is 0 Å². The summed E-state index contributed by atoms with van der Waals surface area (Å²) in [5.74, 6) is 1.81. The molecule has 0 amide bonds. The van der Waals surface area contributed by atoms with Gasteiger partial charge in [0.05, 0.1) is 6.10 Å². The van der Waals surface area contributed by atoms with E-state index in [4.69, 9.17) is 4.74 Å². The summed E-state index contributed by atoms with van der Waals surface area (Å²) in [7, 11) is 0. The van der Waals surface area contributed by atoms with E-state index < -0.39 is 0 Å². The smallest absolute Gasteiger partial charge is 0.0726 e. The molecule has 2 saturated heterocycles. The lowest BCUT2D eigenvalue weighted by molar-refractivity contribution is 0.0814. The number of likely N-dealkylation sites (tertiary alicyclic amines) is 1. The van der Waals surface area contributed by atoms with Crippen LogP contribution in [0, 0.1) is 11.8 Å². The van der Waals surface area contributed by atoms with Crippen molar-refractivity contribution in [3.05, 3.63) is 0 Å². The zero-order chi connectivity index (χ0) is 13.7. The van der Waals surface area contributed by atoms with Gasteiger partial charge in [-0.15, -0.1) is 0 Å². The van der Waals surface area contributed by atoms with Crippen LogP contribution in [0.2, 0.25) is 0 Å². The van der Waals surface area contributed by atoms with Crippen molar-refractivity contribution in [2.75, 3.05) is 32.8 Å². The molecule has 3 heteroatoms. The van der Waals surface area contributed by atoms with Crippen LogP contribution < -0.4 is 5.32 Å². The number of ether oxygens (including phenoxy) is 1. The lowest BCUT2D eigenvalue weighted by Crippen LogP contribution is -2.43. The zero-order valence-corrected chi connectivity index (χ0v) is 13.0. The first-order valence-corrected chi connectivity index (χ1v) is 8.24. The number of piperidine rings is 1. The molecule has 112 valence electrons. The third-order valence-corrected chi connectivity index (χ3v) is 4.99. The lowest BCUT2D eigenvalue weighted by Gasteiger charge is -2.34. The molecule has 2 unspecified atom stereocenters. The van der Waals surface area contributed by atoms with E-state index >= 15 is 0 Å². The van der Waals surface area contributed by atoms with E-state index in [0.717, 1.165) is 25.0 Å². The molecular formula is C16H32N2O. The highest BCUT2D eigenvalue weighted by atomic mass is 16.5. The number of hydrogen-bond donors (Lipinski definition) is 1. The number of rotatable bonds is 6. The van der Waals surface area contributed by atoms with E-state index in [1.165, 1.54) is 45.3 Å². The van der Waals surface area contributed by atoms with Gasteiger partial charge in [-0.3, -0.25) is 0 Å². The van der Waals surface area contributed by atoms with Crippen molar-refractivity contribution in [1.29, 1.82) is 0 Å². The molecular weight excluding hydrogens is 236 g/mol. The molecule has 0 bridgehead atoms. The predicted octanol–water partition coefficient (Wildman–Crippen LogP) is 2.51. The van der Waals surface area contributed by atoms with E-state index in [1.807, 2.05) is 0 Å². The van der Waals surface area contributed by atoms with Gasteiger partial charge in [0.2, 0.25) is 0 Å². The maximum Gasteiger partial charge on any atom is 0.0726 e. The van der Waals surface area contributed by atoms with Crippen LogP contribution in [-0.4, -0.2) is 49.8 Å². The van der Waals surface area contributed by atoms with E-state index in [0.29, 0.717) is 12.1 Å². The molecule has 2 rings (SSSR count). The normalized spacial score (nSPS) is 28.1. The molecule has 2 heterocycles. The van der Waals surface area contributed by atoms with Crippen molar-refractivity contribution in [3.8, 4) is 0 Å². The Balaban J connectivity index is 1.56. The predicted molar refractivity (Wildman–Crippen MR) is 80.4 cm³/mol. The molecule has 0 aromatic rings. The SMILES string of the molecule is CC(C)C1CCN(CCNC(C)C2CCCO2)CC1. The average Bonchev–Trinajstić information content (AvgIpc) is 2.93. The third-order valence-electron chi connectivity index (χ3n) is 4.99. The van der Waals surface area contributed by atoms with Gasteiger partial charge in [0.1, 0.15) is 0 Å². The van der Waals surface area contributed by atoms with Crippen LogP contribution in [0.4, 0.5) is 0 Å². The van der Waals surface area contributed by atoms with Gasteiger partial charge in [-0.1, -0.05) is 13.8 Å². The Morgan fingerprint density at radius 3 is 2.47 bits per heavy atom. The van der Waals surface area contributed by atoms with Gasteiger partial charge >= 0.3 is 0 Å². The van der Waals surface area contributed by atoms with Crippen LogP contribution in [0.25, 0.3) is 0 Å². The monoisotopic (exact) mass is 268 g/mol. The molecule has 0 aliphatic carbocycles. The first-order valence-electron chi connectivity index (χ1n) is 8.24. The maximum atomic E-state index is 5.72. The average molecular weight is 268 g/mol. The summed E-state index contributed by atoms with van der Waals surface area (Å²) in [4.78, 5) is 2.62. The highest BCUT2D eigenvalue weighted by Crippen LogP contribution is 2.24. The van der Waals surface area contributed by atoms with Crippen LogP contribution in [0.5, 0.6) is 0 Å². The second-order valence-electron chi connectivity index (χ2n) is 6.72. The number of nitrogens with one attached hydrogen (secondary N) is 1. The van der Waals surface area contributed by atoms with Crippen molar-refractivity contribution in [3.63, 3.8) is 0 Å². The van der Waals surface area contributed by atoms with Gasteiger partial charge in [0.15, 0.2) is 0 Å². The molecule has 19 heavy (non-hydrogen) atoms. The molecule has 2 aliphatic rings. The van der Waals surface area contributed by atoms with Crippen LogP contribution in [0.1, 0.15) is 46.5 Å². The molecule has 0 saturated carbocycles. The topological polar surface area (TPSA) is 24.5 Å². The summed E-state index contributed by atoms with van der Waals surface area (Å²) in [6.45, 7) is 12.8. The van der Waals surface area contributed by atoms with Crippen molar-refractivity contribution in [1.82, 2.24) is 10.2 Å². The van der Waals surface area contributed by atoms with Crippen LogP contribution in [0.3, 0.4) is 0 Å². The largest absolute Gasteiger partial charge is 0.377 e. The minimum atomic E-state index is 0.451. The molecule has 3 nitrogen and oxygen atoms in total. The Morgan fingerprint density at radius 2 is 1.89 bits per heavy atom. The summed E-state index contributed by atoms with van der Waals surface area (Å²) >= 11 is 0. The molecule has 2 fully saturated rings. The fraction of sp³-hybridized carbons (Fsp3) is 1.00. The first-order chi connectivity index (χ1) is 9.16. The van der Waals surface area contributed by atoms with E-state index in [2.05, 4.69) is 31.0 Å². The fourth-order valence-corrected chi connectivity index (χ4v) is 3.42. The Labute approximate surface area is 119 Å². The fourth-order valence-electron chi connectivity index (χ4n) is 3.42. The second kappa shape index (κ2) is 7.61. The summed E-state index contributed by atoms with van der Waals surface area (Å²) in [6.07, 6.45) is 5.69. The van der Waals surface area contributed by atoms with Crippen LogP contribution in [-0.2, 0) is 4.74 Å². The van der Waals surface area contributed by atoms with E-state index in [9.17, 15) is 0 Å². The van der Waals surface area contributed by atoms with Crippen molar-refractivity contribution in [2.24, 2.45) is 11.8 Å². The van der Waals surface area contributed by atoms with Gasteiger partial charge in [-0.05, 0) is 57.5 Å². The Hall–Kier alpha value is -0.120. The lowest BCUT2D eigenvalue weighted by atomic mass is 9.87. The minimum Gasteiger partial charge on any atom is -0.377 e. The van der Waals surface area contributed by atoms with Gasteiger partial charge < -0.3 is 15.0 Å². The summed E-state index contributed by atoms with van der Waals surface area (Å²) in [5.41, 5.74) is 0. The quantitative estimate of drug-likeness (QED) is 0.801. The highest BCUT2D eigenvalue weighted by Gasteiger charge is 2.23. The molecule has 1 N–H and O–H groups in total. The van der Waals surface area contributed by atoms with Crippen molar-refractivity contribution in [2.45, 2.75) is 58.6 Å². The molecule has 2 aliphatic heterocycles. The molecule has 0 aromatic carbocycles. The van der Waals surface area contributed by atoms with Gasteiger partial charge in [-0.2, -0.15) is 0 Å². The van der Waals surface area contributed by atoms with Crippen LogP contribution >= 0.6 is 0 Å². The first kappa shape index (κ1) is 15.3. The standard InChI is InChI=1S/C16H32N2O/c1-13(2)15-6-9-18(10-7-15)11-8-17-14(3)16-5-4-12-19-16/h13-17H,4-12H2,1-3H3. The number of hydrogen-bond acceptors (Lipinski definition) is 3. The molecule has 2 atom stereocenters. The Morgan fingerprint density at radius 1 is 1.16 bits per heavy atom. The van der Waals surface area contributed by atoms with Crippen LogP contribution in [0.15, 0.2) is 0 Å².